The van der Waals surface area contributed by atoms with Crippen LogP contribution in [0.5, 0.6) is 0 Å². The molecule has 44 heavy (non-hydrogen) atoms. The van der Waals surface area contributed by atoms with E-state index in [9.17, 15) is 30.3 Å². The largest absolute Gasteiger partial charge is 0.481 e. The Labute approximate surface area is 264 Å². The van der Waals surface area contributed by atoms with Crippen molar-refractivity contribution in [3.63, 3.8) is 0 Å². The lowest BCUT2D eigenvalue weighted by molar-refractivity contribution is -0.327. The Hall–Kier alpha value is -1.55. The van der Waals surface area contributed by atoms with Crippen molar-refractivity contribution < 1.29 is 39.8 Å². The van der Waals surface area contributed by atoms with E-state index >= 15 is 0 Å². The first-order valence-electron chi connectivity index (χ1n) is 16.7. The summed E-state index contributed by atoms with van der Waals surface area (Å²) < 4.78 is 12.1. The van der Waals surface area contributed by atoms with Crippen LogP contribution in [-0.2, 0) is 14.3 Å². The number of carboxylic acid groups (broad SMARTS) is 1. The lowest BCUT2D eigenvalue weighted by Crippen LogP contribution is -2.62. The Bertz CT molecular complexity index is 1110. The van der Waals surface area contributed by atoms with E-state index in [1.54, 1.807) is 0 Å². The molecule has 2 saturated carbocycles. The van der Waals surface area contributed by atoms with E-state index < -0.39 is 43.3 Å². The number of aliphatic hydroxyl groups is 4. The van der Waals surface area contributed by atoms with Crippen molar-refractivity contribution in [2.45, 2.75) is 136 Å². The van der Waals surface area contributed by atoms with E-state index in [2.05, 4.69) is 60.8 Å². The predicted molar refractivity (Wildman–Crippen MR) is 169 cm³/mol. The summed E-state index contributed by atoms with van der Waals surface area (Å²) in [6, 6.07) is 0. The van der Waals surface area contributed by atoms with Crippen LogP contribution in [0.3, 0.4) is 0 Å². The Morgan fingerprint density at radius 2 is 1.73 bits per heavy atom. The molecule has 3 fully saturated rings. The van der Waals surface area contributed by atoms with Crippen molar-refractivity contribution in [2.24, 2.45) is 39.9 Å². The second-order valence-electron chi connectivity index (χ2n) is 15.6. The number of carbonyl (C=O) groups is 1. The third kappa shape index (κ3) is 6.37. The van der Waals surface area contributed by atoms with Crippen LogP contribution >= 0.6 is 0 Å². The Morgan fingerprint density at radius 3 is 2.34 bits per heavy atom. The number of fused-ring (bicyclic) bond motifs is 1. The fourth-order valence-electron chi connectivity index (χ4n) is 10.1. The summed E-state index contributed by atoms with van der Waals surface area (Å²) >= 11 is 0. The molecule has 4 rings (SSSR count). The first kappa shape index (κ1) is 35.3. The molecule has 0 unspecified atom stereocenters. The zero-order valence-electron chi connectivity index (χ0n) is 27.8. The molecule has 1 aliphatic heterocycles. The van der Waals surface area contributed by atoms with Gasteiger partial charge in [0.05, 0.1) is 12.7 Å². The van der Waals surface area contributed by atoms with Gasteiger partial charge in [-0.15, -0.1) is 0 Å². The molecule has 12 atom stereocenters. The van der Waals surface area contributed by atoms with Crippen LogP contribution in [0, 0.1) is 39.9 Å². The van der Waals surface area contributed by atoms with E-state index in [-0.39, 0.29) is 40.6 Å². The second kappa shape index (κ2) is 13.3. The number of aliphatic carboxylic acids is 1. The highest BCUT2D eigenvalue weighted by Crippen LogP contribution is 2.63. The quantitative estimate of drug-likeness (QED) is 0.162. The predicted octanol–water partition coefficient (Wildman–Crippen LogP) is 5.39. The van der Waals surface area contributed by atoms with Crippen molar-refractivity contribution >= 4 is 5.97 Å². The average molecular weight is 619 g/mol. The number of aliphatic hydroxyl groups excluding tert-OH is 4. The smallest absolute Gasteiger partial charge is 0.303 e. The van der Waals surface area contributed by atoms with E-state index in [1.807, 2.05) is 0 Å². The normalized spacial score (nSPS) is 44.0. The third-order valence-corrected chi connectivity index (χ3v) is 12.7. The molecule has 250 valence electrons. The van der Waals surface area contributed by atoms with Gasteiger partial charge in [0.2, 0.25) is 0 Å². The van der Waals surface area contributed by atoms with E-state index in [0.29, 0.717) is 18.3 Å². The van der Waals surface area contributed by atoms with Crippen LogP contribution < -0.4 is 0 Å². The minimum atomic E-state index is -1.46. The van der Waals surface area contributed by atoms with Gasteiger partial charge in [0.15, 0.2) is 6.29 Å². The molecule has 4 aliphatic rings. The zero-order chi connectivity index (χ0) is 32.8. The molecule has 0 aromatic rings. The molecule has 1 saturated heterocycles. The monoisotopic (exact) mass is 618 g/mol. The molecule has 1 heterocycles. The summed E-state index contributed by atoms with van der Waals surface area (Å²) in [5.41, 5.74) is 3.33. The van der Waals surface area contributed by atoms with Gasteiger partial charge in [-0.3, -0.25) is 4.79 Å². The fraction of sp³-hybridized carbons (Fsp3) is 0.806. The minimum Gasteiger partial charge on any atom is -0.481 e. The van der Waals surface area contributed by atoms with Crippen molar-refractivity contribution in [2.75, 3.05) is 6.61 Å². The number of rotatable bonds is 10. The number of allylic oxidation sites excluding steroid dienone is 4. The van der Waals surface area contributed by atoms with Crippen molar-refractivity contribution in [3.8, 4) is 0 Å². The number of hydrogen-bond donors (Lipinski definition) is 5. The van der Waals surface area contributed by atoms with Crippen molar-refractivity contribution in [1.82, 2.24) is 0 Å². The van der Waals surface area contributed by atoms with E-state index in [4.69, 9.17) is 9.47 Å². The number of hydrogen-bond acceptors (Lipinski definition) is 7. The summed E-state index contributed by atoms with van der Waals surface area (Å²) in [5.74, 6) is 0.406. The van der Waals surface area contributed by atoms with Crippen LogP contribution in [0.2, 0.25) is 0 Å². The third-order valence-electron chi connectivity index (χ3n) is 12.7. The Balaban J connectivity index is 1.54. The summed E-state index contributed by atoms with van der Waals surface area (Å²) in [7, 11) is 0. The van der Waals surface area contributed by atoms with Crippen LogP contribution in [0.25, 0.3) is 0 Å². The topological polar surface area (TPSA) is 137 Å². The van der Waals surface area contributed by atoms with Gasteiger partial charge in [-0.2, -0.15) is 0 Å². The van der Waals surface area contributed by atoms with Gasteiger partial charge in [0.25, 0.3) is 0 Å². The molecule has 0 spiro atoms. The maximum Gasteiger partial charge on any atom is 0.303 e. The first-order valence-corrected chi connectivity index (χ1v) is 16.7. The number of ether oxygens (including phenoxy) is 2. The van der Waals surface area contributed by atoms with Gasteiger partial charge in [-0.1, -0.05) is 63.6 Å². The molecular formula is C36H58O8. The van der Waals surface area contributed by atoms with Gasteiger partial charge in [-0.05, 0) is 105 Å². The molecule has 8 nitrogen and oxygen atoms in total. The molecule has 0 amide bonds. The van der Waals surface area contributed by atoms with Gasteiger partial charge < -0.3 is 35.0 Å². The molecule has 3 aliphatic carbocycles. The fourth-order valence-corrected chi connectivity index (χ4v) is 10.1. The van der Waals surface area contributed by atoms with Crippen LogP contribution in [0.1, 0.15) is 99.3 Å². The maximum absolute atomic E-state index is 11.7. The Morgan fingerprint density at radius 1 is 1.07 bits per heavy atom. The molecular weight excluding hydrogens is 560 g/mol. The average Bonchev–Trinajstić information content (AvgIpc) is 2.94. The molecule has 8 heteroatoms. The van der Waals surface area contributed by atoms with Gasteiger partial charge in [0.1, 0.15) is 24.4 Å². The van der Waals surface area contributed by atoms with E-state index in [1.165, 1.54) is 11.1 Å². The van der Waals surface area contributed by atoms with Crippen LogP contribution in [-0.4, -0.2) is 74.9 Å². The summed E-state index contributed by atoms with van der Waals surface area (Å²) in [6.45, 7) is 21.8. The van der Waals surface area contributed by atoms with Crippen molar-refractivity contribution in [3.05, 3.63) is 36.0 Å². The summed E-state index contributed by atoms with van der Waals surface area (Å²) in [5, 5.41) is 50.5. The first-order chi connectivity index (χ1) is 20.5. The Kier molecular flexibility index (Phi) is 10.7. The molecule has 5 N–H and O–H groups in total. The van der Waals surface area contributed by atoms with Gasteiger partial charge in [-0.25, -0.2) is 0 Å². The minimum absolute atomic E-state index is 0.00835. The standard InChI is InChI=1S/C36H58O8/c1-20(2)23-11-9-21(3)24(35(23,7)18-16-29(38)39)12-13-25-22(4)10-14-27-34(5,6)28(15-17-36(25,27)8)44-33-32(42)31(41)30(40)26(19-37)43-33/h9,23-28,30-33,37,40-42H,1,4,10-19H2,2-3,5-8H3,(H,38,39)/t23-,24+,25+,26+,27-,28-,30-,31-,32+,33+,35-,36-/m1/s1. The SMILES string of the molecule is C=C(C)[C@H]1CC=C(C)[C@H](CC[C@H]2C(=C)CC[C@@H]3C(C)(C)[C@H](O[C@@H]4O[C@@H](CO)[C@@H](O)[C@@H](O)[C@@H]4O)CC[C@@]32C)[C@]1(C)CCC(=O)O. The zero-order valence-corrected chi connectivity index (χ0v) is 27.8. The van der Waals surface area contributed by atoms with Crippen LogP contribution in [0.15, 0.2) is 36.0 Å². The summed E-state index contributed by atoms with van der Waals surface area (Å²) in [4.78, 5) is 11.7. The number of carboxylic acids is 1. The van der Waals surface area contributed by atoms with Gasteiger partial charge in [0, 0.05) is 6.42 Å². The lowest BCUT2D eigenvalue weighted by Gasteiger charge is -2.61. The van der Waals surface area contributed by atoms with E-state index in [0.717, 1.165) is 50.5 Å². The lowest BCUT2D eigenvalue weighted by atomic mass is 9.46. The highest BCUT2D eigenvalue weighted by Gasteiger charge is 2.58. The summed E-state index contributed by atoms with van der Waals surface area (Å²) in [6.07, 6.45) is 2.91. The molecule has 0 aromatic carbocycles. The van der Waals surface area contributed by atoms with Gasteiger partial charge >= 0.3 is 5.97 Å². The highest BCUT2D eigenvalue weighted by atomic mass is 16.7. The maximum atomic E-state index is 11.7. The second-order valence-corrected chi connectivity index (χ2v) is 15.6. The molecule has 0 aromatic heterocycles. The molecule has 0 bridgehead atoms. The van der Waals surface area contributed by atoms with Crippen molar-refractivity contribution in [1.29, 1.82) is 0 Å². The highest BCUT2D eigenvalue weighted by molar-refractivity contribution is 5.66. The molecule has 0 radical (unpaired) electrons. The van der Waals surface area contributed by atoms with Crippen LogP contribution in [0.4, 0.5) is 0 Å².